The van der Waals surface area contributed by atoms with Crippen LogP contribution >= 0.6 is 0 Å². The predicted octanol–water partition coefficient (Wildman–Crippen LogP) is 0.875. The maximum atomic E-state index is 0. The molecule has 0 fully saturated rings. The van der Waals surface area contributed by atoms with Crippen molar-refractivity contribution in [3.63, 3.8) is 0 Å². The molecule has 0 N–H and O–H groups in total. The Morgan fingerprint density at radius 3 is 0.750 bits per heavy atom. The third kappa shape index (κ3) is 9.00. The number of rotatable bonds is 0. The molecule has 3 radical (unpaired) electrons. The summed E-state index contributed by atoms with van der Waals surface area (Å²) in [6.07, 6.45) is 0. The van der Waals surface area contributed by atoms with Gasteiger partial charge in [-0.15, -0.1) is 0 Å². The van der Waals surface area contributed by atoms with Crippen LogP contribution in [0.5, 0.6) is 0 Å². The van der Waals surface area contributed by atoms with Gasteiger partial charge < -0.3 is 0 Å². The van der Waals surface area contributed by atoms with Crippen LogP contribution in [0.2, 0.25) is 0 Å². The summed E-state index contributed by atoms with van der Waals surface area (Å²) in [5, 5.41) is 0. The molecule has 19 valence electrons. The average Bonchev–Trinajstić information content (AvgIpc) is 0. The van der Waals surface area contributed by atoms with Gasteiger partial charge in [-0.2, -0.15) is 0 Å². The Morgan fingerprint density at radius 2 is 0.750 bits per heavy atom. The smallest absolute Gasteiger partial charge is 0 e. The van der Waals surface area contributed by atoms with Crippen LogP contribution in [0.1, 0.15) is 8.85 Å². The van der Waals surface area contributed by atoms with Gasteiger partial charge in [0.15, 0.2) is 0 Å². The van der Waals surface area contributed by atoms with Crippen LogP contribution in [-0.4, -0.2) is 0 Å². The van der Waals surface area contributed by atoms with E-state index in [2.05, 4.69) is 0 Å². The van der Waals surface area contributed by atoms with Crippen molar-refractivity contribution in [3.8, 4) is 0 Å². The van der Waals surface area contributed by atoms with Crippen molar-refractivity contribution in [2.24, 2.45) is 0 Å². The minimum atomic E-state index is 0. The summed E-state index contributed by atoms with van der Waals surface area (Å²) in [5.41, 5.74) is 0. The fraction of sp³-hybridized carbons (Fsp3) is 1.00. The van der Waals surface area contributed by atoms with Crippen molar-refractivity contribution >= 4 is 0 Å². The van der Waals surface area contributed by atoms with Crippen molar-refractivity contribution in [1.29, 1.82) is 0 Å². The van der Waals surface area contributed by atoms with Crippen LogP contribution in [0.25, 0.3) is 0 Å². The molecule has 0 atom stereocenters. The summed E-state index contributed by atoms with van der Waals surface area (Å²) in [6, 6.07) is 0. The molecule has 0 aliphatic rings. The van der Waals surface area contributed by atoms with Gasteiger partial charge in [-0.05, 0) is 0 Å². The first-order chi connectivity index (χ1) is 0. The van der Waals surface area contributed by atoms with Crippen molar-refractivity contribution in [2.75, 3.05) is 0 Å². The van der Waals surface area contributed by atoms with Gasteiger partial charge in [0.2, 0.25) is 0 Å². The number of hydrogen-bond donors (Lipinski definition) is 0. The molecule has 0 saturated heterocycles. The molecule has 0 spiro atoms. The van der Waals surface area contributed by atoms with E-state index in [0.717, 1.165) is 0 Å². The zero-order valence-electron chi connectivity index (χ0n) is 1.73. The Kier molecular flexibility index (Phi) is 108. The molecule has 0 aliphatic carbocycles. The van der Waals surface area contributed by atoms with Crippen LogP contribution in [0.15, 0.2) is 0 Å². The maximum absolute atomic E-state index is 0. The van der Waals surface area contributed by atoms with E-state index in [4.69, 9.17) is 0 Å². The van der Waals surface area contributed by atoms with Crippen LogP contribution < -0.4 is 0 Å². The average molecular weight is 285 g/mol. The summed E-state index contributed by atoms with van der Waals surface area (Å²) in [4.78, 5) is 0. The first-order valence-electron chi connectivity index (χ1n) is 0. The van der Waals surface area contributed by atoms with Crippen molar-refractivity contribution in [3.05, 3.63) is 0 Å². The molecule has 4 heavy (non-hydrogen) atoms. The van der Waals surface area contributed by atoms with Crippen LogP contribution in [0.3, 0.4) is 0 Å². The Morgan fingerprint density at radius 1 is 0.750 bits per heavy atom. The number of hydrogen-bond acceptors (Lipinski definition) is 0. The van der Waals surface area contributed by atoms with Gasteiger partial charge in [0.05, 0.1) is 0 Å². The Hall–Kier alpha value is 3.31. The fourth-order valence-corrected chi connectivity index (χ4v) is 0. The molecule has 0 bridgehead atoms. The molecule has 0 saturated carbocycles. The molecule has 0 heterocycles. The van der Waals surface area contributed by atoms with E-state index in [1.54, 1.807) is 0 Å². The van der Waals surface area contributed by atoms with E-state index in [-0.39, 0.29) is 107 Å². The SMILES string of the molecule is C.[HH].[Y].[Y].[Y]. The zero-order valence-corrected chi connectivity index (χ0v) is 10.2. The second kappa shape index (κ2) is 16.2. The van der Waals surface area contributed by atoms with Gasteiger partial charge in [-0.1, -0.05) is 7.43 Å². The van der Waals surface area contributed by atoms with Gasteiger partial charge >= 0.3 is 0 Å². The second-order valence-corrected chi connectivity index (χ2v) is 0. The Labute approximate surface area is 104 Å². The Bertz CT molecular complexity index is 6.85. The molecule has 0 aromatic carbocycles. The summed E-state index contributed by atoms with van der Waals surface area (Å²) in [5.74, 6) is 0. The quantitative estimate of drug-likeness (QED) is 0.619. The molecule has 0 rings (SSSR count). The van der Waals surface area contributed by atoms with Gasteiger partial charge in [-0.25, -0.2) is 0 Å². The fourth-order valence-electron chi connectivity index (χ4n) is 0. The first-order valence-corrected chi connectivity index (χ1v) is 0. The normalized spacial score (nSPS) is 0. The van der Waals surface area contributed by atoms with Crippen molar-refractivity contribution in [2.45, 2.75) is 7.43 Å². The molecule has 0 aromatic rings. The third-order valence-electron chi connectivity index (χ3n) is 0. The summed E-state index contributed by atoms with van der Waals surface area (Å²) < 4.78 is 0. The second-order valence-electron chi connectivity index (χ2n) is 0. The van der Waals surface area contributed by atoms with Gasteiger partial charge in [0.25, 0.3) is 0 Å². The zero-order chi connectivity index (χ0) is 0. The minimum absolute atomic E-state index is 0. The minimum Gasteiger partial charge on any atom is -0.0776 e. The molecule has 0 amide bonds. The van der Waals surface area contributed by atoms with Crippen molar-refractivity contribution in [1.82, 2.24) is 0 Å². The molecule has 0 unspecified atom stereocenters. The predicted molar refractivity (Wildman–Crippen MR) is 8.85 cm³/mol. The molecular weight excluding hydrogens is 279 g/mol. The van der Waals surface area contributed by atoms with E-state index >= 15 is 0 Å². The van der Waals surface area contributed by atoms with Crippen LogP contribution in [-0.2, 0) is 98.1 Å². The van der Waals surface area contributed by atoms with Gasteiger partial charge in [0.1, 0.15) is 0 Å². The molecule has 0 nitrogen and oxygen atoms in total. The van der Waals surface area contributed by atoms with Gasteiger partial charge in [0, 0.05) is 99.6 Å². The third-order valence-corrected chi connectivity index (χ3v) is 0. The standard InChI is InChI=1S/CH4.3Y.H2/h1H4;;;;1H. The van der Waals surface area contributed by atoms with E-state index in [1.165, 1.54) is 0 Å². The largest absolute Gasteiger partial charge is 0.0776 e. The van der Waals surface area contributed by atoms with E-state index in [9.17, 15) is 0 Å². The van der Waals surface area contributed by atoms with Crippen LogP contribution in [0.4, 0.5) is 0 Å². The van der Waals surface area contributed by atoms with E-state index in [0.29, 0.717) is 0 Å². The first kappa shape index (κ1) is 26.6. The molecule has 3 heteroatoms. The Balaban J connectivity index is 0. The van der Waals surface area contributed by atoms with E-state index in [1.807, 2.05) is 0 Å². The molecular formula is CH6Y3. The van der Waals surface area contributed by atoms with E-state index < -0.39 is 0 Å². The van der Waals surface area contributed by atoms with Gasteiger partial charge in [-0.3, -0.25) is 0 Å². The molecule has 0 aromatic heterocycles. The monoisotopic (exact) mass is 285 g/mol. The summed E-state index contributed by atoms with van der Waals surface area (Å²) in [7, 11) is 0. The summed E-state index contributed by atoms with van der Waals surface area (Å²) in [6.45, 7) is 0. The van der Waals surface area contributed by atoms with Crippen molar-refractivity contribution < 1.29 is 99.6 Å². The maximum Gasteiger partial charge on any atom is 0 e. The topological polar surface area (TPSA) is 0 Å². The molecule has 0 aliphatic heterocycles. The summed E-state index contributed by atoms with van der Waals surface area (Å²) >= 11 is 0. The van der Waals surface area contributed by atoms with Crippen LogP contribution in [0, 0.1) is 0 Å².